The van der Waals surface area contributed by atoms with E-state index in [2.05, 4.69) is 45.2 Å². The molecule has 16 nitrogen and oxygen atoms in total. The maximum absolute atomic E-state index is 14.7. The molecule has 0 aromatic heterocycles. The Morgan fingerprint density at radius 3 is 1.77 bits per heavy atom. The molecular weight excluding hydrogens is 1090 g/mol. The van der Waals surface area contributed by atoms with Crippen molar-refractivity contribution >= 4 is 100 Å². The second-order valence-electron chi connectivity index (χ2n) is 20.4. The number of esters is 1. The monoisotopic (exact) mass is 1160 g/mol. The van der Waals surface area contributed by atoms with Crippen molar-refractivity contribution in [2.75, 3.05) is 26.3 Å². The lowest BCUT2D eigenvalue weighted by Crippen LogP contribution is -2.56. The number of alkyl carbamates (subject to hydrolysis) is 1. The van der Waals surface area contributed by atoms with Crippen LogP contribution in [0.5, 0.6) is 11.5 Å². The van der Waals surface area contributed by atoms with Gasteiger partial charge in [-0.1, -0.05) is 135 Å². The molecule has 0 fully saturated rings. The van der Waals surface area contributed by atoms with Gasteiger partial charge < -0.3 is 51.0 Å². The van der Waals surface area contributed by atoms with Crippen LogP contribution in [0, 0.1) is 5.92 Å². The number of amides is 4. The van der Waals surface area contributed by atoms with Crippen molar-refractivity contribution < 1.29 is 47.1 Å². The topological polar surface area (TPSA) is 221 Å². The van der Waals surface area contributed by atoms with Crippen LogP contribution in [0.25, 0.3) is 32.7 Å². The average molecular weight is 1160 g/mol. The summed E-state index contributed by atoms with van der Waals surface area (Å²) in [5.41, 5.74) is 8.11. The van der Waals surface area contributed by atoms with Crippen molar-refractivity contribution in [3.8, 4) is 22.6 Å². The van der Waals surface area contributed by atoms with Crippen molar-refractivity contribution in [1.82, 2.24) is 26.4 Å². The zero-order valence-corrected chi connectivity index (χ0v) is 49.5. The first-order valence-corrected chi connectivity index (χ1v) is 27.9. The fraction of sp³-hybridized carbons (Fsp3) is 0.367. The van der Waals surface area contributed by atoms with Gasteiger partial charge in [-0.15, -0.1) is 0 Å². The van der Waals surface area contributed by atoms with Gasteiger partial charge in [-0.2, -0.15) is 27.0 Å². The number of nitrogens with zero attached hydrogens (tertiary/aromatic N) is 1. The number of hydrogen-bond donors (Lipinski definition) is 6. The lowest BCUT2D eigenvalue weighted by atomic mass is 9.92. The second kappa shape index (κ2) is 33.7. The fourth-order valence-corrected chi connectivity index (χ4v) is 8.91. The highest BCUT2D eigenvalue weighted by Gasteiger charge is 2.31. The molecule has 0 saturated carbocycles. The van der Waals surface area contributed by atoms with Crippen molar-refractivity contribution in [2.45, 2.75) is 110 Å². The minimum absolute atomic E-state index is 0. The molecule has 0 aliphatic rings. The van der Waals surface area contributed by atoms with Gasteiger partial charge in [-0.3, -0.25) is 19.4 Å². The summed E-state index contributed by atoms with van der Waals surface area (Å²) in [5.74, 6) is -1.51. The minimum atomic E-state index is -2.58. The number of fused-ring (bicyclic) bond motifs is 2. The summed E-state index contributed by atoms with van der Waals surface area (Å²) in [7, 11) is 2.66. The smallest absolute Gasteiger partial charge is 0.407 e. The maximum atomic E-state index is 14.7. The first kappa shape index (κ1) is 66.5. The molecule has 2 radical (unpaired) electrons. The molecule has 81 heavy (non-hydrogen) atoms. The molecule has 4 amide bonds. The molecule has 0 heterocycles. The van der Waals surface area contributed by atoms with Crippen LogP contribution in [0.15, 0.2) is 138 Å². The highest BCUT2D eigenvalue weighted by molar-refractivity contribution is 7.76. The van der Waals surface area contributed by atoms with Gasteiger partial charge in [-0.25, -0.2) is 13.8 Å². The van der Waals surface area contributed by atoms with Crippen LogP contribution in [0.2, 0.25) is 0 Å². The fourth-order valence-electron chi connectivity index (χ4n) is 8.62. The summed E-state index contributed by atoms with van der Waals surface area (Å²) in [5, 5.41) is 17.2. The van der Waals surface area contributed by atoms with Gasteiger partial charge in [0.1, 0.15) is 50.1 Å². The van der Waals surface area contributed by atoms with Crippen LogP contribution >= 0.6 is 35.3 Å². The lowest BCUT2D eigenvalue weighted by Gasteiger charge is -2.25. The third kappa shape index (κ3) is 22.1. The van der Waals surface area contributed by atoms with E-state index in [4.69, 9.17) is 32.2 Å². The van der Waals surface area contributed by atoms with E-state index in [1.54, 1.807) is 20.8 Å². The SMILES string of the molecule is S.S.[B]P(F)NC(N)=NCCC[C@@H](NC(=O)[C@@H](CCCCNC(=O)OC(C)(C)C)NC(=O)COc1ccc2ccccc2c1-c1c(OCCC(C)C)ccc2ccccc12)C(=O)N[C@@H](Cc1ccccc1)C(=O)OCc1ccccc1. The molecule has 432 valence electrons. The molecule has 1 unspecified atom stereocenters. The molecule has 0 spiro atoms. The van der Waals surface area contributed by atoms with Gasteiger partial charge in [-0.05, 0) is 110 Å². The zero-order chi connectivity index (χ0) is 56.7. The average Bonchev–Trinajstić information content (AvgIpc) is 3.59. The third-order valence-corrected chi connectivity index (χ3v) is 12.9. The Morgan fingerprint density at radius 1 is 0.654 bits per heavy atom. The molecule has 7 N–H and O–H groups in total. The molecule has 0 aliphatic carbocycles. The summed E-state index contributed by atoms with van der Waals surface area (Å²) in [6.45, 7) is 9.70. The standard InChI is InChI=1S/C60H72BFN7O9P.2H2S/c1-40(2)33-36-75-50-31-29-43-23-12-14-25-45(43)53(50)54-46-26-15-13-24-44(46)30-32-51(54)76-39-52(70)66-47(27-16-17-34-65-59(74)78-60(3,4)5)55(71)67-48(28-18-35-64-58(63)69-79(61)62)56(72)68-49(37-41-19-8-6-9-20-41)57(73)77-38-42-21-10-7-11-22-42;;/h6-15,19-26,29-32,40,47-49H,16-18,27-28,33-39H2,1-5H3,(H,65,74)(H,66,70)(H,67,71)(H,68,72)(H3,63,64,69);2*1H2/t47-,48-,49+,79?;;/m1../s1. The van der Waals surface area contributed by atoms with Crippen molar-refractivity contribution in [3.05, 3.63) is 145 Å². The number of nitrogens with two attached hydrogens (primary N) is 1. The Balaban J connectivity index is 0.00000706. The van der Waals surface area contributed by atoms with Gasteiger partial charge >= 0.3 is 12.1 Å². The third-order valence-electron chi connectivity index (χ3n) is 12.5. The number of rotatable bonds is 28. The number of aliphatic imine (C=N–C) groups is 1. The van der Waals surface area contributed by atoms with Crippen LogP contribution < -0.4 is 41.6 Å². The number of unbranched alkanes of at least 4 members (excludes halogenated alkanes) is 1. The summed E-state index contributed by atoms with van der Waals surface area (Å²) in [6, 6.07) is 38.1. The predicted octanol–water partition coefficient (Wildman–Crippen LogP) is 9.87. The first-order chi connectivity index (χ1) is 37.9. The van der Waals surface area contributed by atoms with E-state index in [0.29, 0.717) is 36.9 Å². The molecule has 4 atom stereocenters. The minimum Gasteiger partial charge on any atom is -0.493 e. The number of halogens is 1. The summed E-state index contributed by atoms with van der Waals surface area (Å²) in [6.07, 6.45) is 1.26. The van der Waals surface area contributed by atoms with Crippen LogP contribution in [0.4, 0.5) is 8.99 Å². The molecule has 0 aliphatic heterocycles. The Labute approximate surface area is 491 Å². The van der Waals surface area contributed by atoms with E-state index < -0.39 is 68.4 Å². The molecule has 0 bridgehead atoms. The summed E-state index contributed by atoms with van der Waals surface area (Å²) in [4.78, 5) is 73.8. The van der Waals surface area contributed by atoms with E-state index in [0.717, 1.165) is 50.2 Å². The van der Waals surface area contributed by atoms with Gasteiger partial charge in [0.15, 0.2) is 20.1 Å². The number of benzene rings is 6. The summed E-state index contributed by atoms with van der Waals surface area (Å²) < 4.78 is 37.5. The van der Waals surface area contributed by atoms with E-state index in [1.807, 2.05) is 133 Å². The Morgan fingerprint density at radius 2 is 1.19 bits per heavy atom. The van der Waals surface area contributed by atoms with E-state index in [-0.39, 0.29) is 78.3 Å². The van der Waals surface area contributed by atoms with E-state index >= 15 is 0 Å². The molecule has 6 rings (SSSR count). The molecule has 6 aromatic carbocycles. The highest BCUT2D eigenvalue weighted by Crippen LogP contribution is 2.45. The van der Waals surface area contributed by atoms with Crippen LogP contribution in [-0.4, -0.2) is 93.3 Å². The summed E-state index contributed by atoms with van der Waals surface area (Å²) >= 11 is 0. The first-order valence-electron chi connectivity index (χ1n) is 26.6. The van der Waals surface area contributed by atoms with Crippen molar-refractivity contribution in [1.29, 1.82) is 0 Å². The number of carbonyl (C=O) groups excluding carboxylic acids is 5. The quantitative estimate of drug-likeness (QED) is 0.00678. The Kier molecular flexibility index (Phi) is 27.6. The van der Waals surface area contributed by atoms with Gasteiger partial charge in [0.2, 0.25) is 11.8 Å². The Bertz CT molecular complexity index is 3010. The number of ether oxygens (including phenoxy) is 4. The van der Waals surface area contributed by atoms with Crippen LogP contribution in [-0.2, 0) is 41.7 Å². The molecule has 21 heteroatoms. The van der Waals surface area contributed by atoms with Crippen LogP contribution in [0.1, 0.15) is 84.3 Å². The molecular formula is C60H76BFN7O9PS2. The highest BCUT2D eigenvalue weighted by atomic mass is 32.1. The second-order valence-corrected chi connectivity index (χ2v) is 21.3. The predicted molar refractivity (Wildman–Crippen MR) is 331 cm³/mol. The lowest BCUT2D eigenvalue weighted by molar-refractivity contribution is -0.149. The zero-order valence-electron chi connectivity index (χ0n) is 46.6. The number of carbonyl (C=O) groups is 5. The van der Waals surface area contributed by atoms with Crippen molar-refractivity contribution in [2.24, 2.45) is 16.6 Å². The molecule has 6 aromatic rings. The van der Waals surface area contributed by atoms with Gasteiger partial charge in [0.25, 0.3) is 5.91 Å². The van der Waals surface area contributed by atoms with E-state index in [9.17, 15) is 28.2 Å². The van der Waals surface area contributed by atoms with Crippen LogP contribution in [0.3, 0.4) is 0 Å². The van der Waals surface area contributed by atoms with Gasteiger partial charge in [0, 0.05) is 30.6 Å². The van der Waals surface area contributed by atoms with Crippen molar-refractivity contribution in [3.63, 3.8) is 0 Å². The maximum Gasteiger partial charge on any atom is 0.407 e. The number of nitrogens with one attached hydrogen (secondary N) is 5. The van der Waals surface area contributed by atoms with E-state index in [1.165, 1.54) is 0 Å². The molecule has 0 saturated heterocycles. The van der Waals surface area contributed by atoms with Gasteiger partial charge in [0.05, 0.1) is 6.61 Å². The largest absolute Gasteiger partial charge is 0.493 e. The number of guanidine groups is 1. The Hall–Kier alpha value is -7.02. The number of hydrogen-bond acceptors (Lipinski definition) is 10. The normalized spacial score (nSPS) is 12.8.